The number of carbonyl (C=O) groups is 2. The lowest BCUT2D eigenvalue weighted by Crippen LogP contribution is -2.21. The van der Waals surface area contributed by atoms with Gasteiger partial charge in [-0.15, -0.1) is 21.8 Å². The van der Waals surface area contributed by atoms with E-state index in [1.807, 2.05) is 35.9 Å². The molecule has 2 N–H and O–H groups in total. The Morgan fingerprint density at radius 1 is 1.23 bits per heavy atom. The predicted molar refractivity (Wildman–Crippen MR) is 118 cm³/mol. The van der Waals surface area contributed by atoms with E-state index in [1.54, 1.807) is 19.5 Å². The molecule has 3 aromatic rings. The Morgan fingerprint density at radius 2 is 1.86 bits per heavy atom. The van der Waals surface area contributed by atoms with Gasteiger partial charge in [-0.3, -0.25) is 0 Å². The van der Waals surface area contributed by atoms with Gasteiger partial charge < -0.3 is 23.9 Å². The smallest absolute Gasteiger partial charge is 0.490 e. The number of halogens is 4. The topological polar surface area (TPSA) is 141 Å². The molecule has 0 bridgehead atoms. The first-order chi connectivity index (χ1) is 16.5. The molecule has 0 radical (unpaired) electrons. The number of benzene rings is 1. The van der Waals surface area contributed by atoms with Crippen LogP contribution in [0.15, 0.2) is 53.5 Å². The maximum absolute atomic E-state index is 11.3. The second kappa shape index (κ2) is 14.4. The number of methoxy groups -OCH3 is 1. The number of alkyl halides is 4. The number of imidazole rings is 1. The molecule has 2 heterocycles. The van der Waals surface area contributed by atoms with Crippen LogP contribution >= 0.6 is 11.6 Å². The van der Waals surface area contributed by atoms with E-state index in [0.29, 0.717) is 30.0 Å². The van der Waals surface area contributed by atoms with Crippen molar-refractivity contribution in [2.24, 2.45) is 0 Å². The fraction of sp³-hybridized carbons (Fsp3) is 0.286. The van der Waals surface area contributed by atoms with Crippen molar-refractivity contribution in [2.75, 3.05) is 13.0 Å². The van der Waals surface area contributed by atoms with Crippen LogP contribution in [0.3, 0.4) is 0 Å². The summed E-state index contributed by atoms with van der Waals surface area (Å²) in [7, 11) is 1.59. The monoisotopic (exact) mass is 518 g/mol. The van der Waals surface area contributed by atoms with Gasteiger partial charge >= 0.3 is 18.1 Å². The number of nitrogens with zero attached hydrogens (tertiary/aromatic N) is 4. The first-order valence-electron chi connectivity index (χ1n) is 9.67. The van der Waals surface area contributed by atoms with Gasteiger partial charge in [-0.1, -0.05) is 6.07 Å². The van der Waals surface area contributed by atoms with Gasteiger partial charge in [0.25, 0.3) is 0 Å². The van der Waals surface area contributed by atoms with E-state index < -0.39 is 18.1 Å². The second-order valence-corrected chi connectivity index (χ2v) is 6.88. The molecule has 0 saturated carbocycles. The Bertz CT molecular complexity index is 1080. The van der Waals surface area contributed by atoms with Crippen molar-refractivity contribution in [1.82, 2.24) is 19.7 Å². The summed E-state index contributed by atoms with van der Waals surface area (Å²) in [5.74, 6) is -2.60. The highest BCUT2D eigenvalue weighted by atomic mass is 35.5. The zero-order chi connectivity index (χ0) is 26.4. The van der Waals surface area contributed by atoms with E-state index in [4.69, 9.17) is 26.2 Å². The zero-order valence-electron chi connectivity index (χ0n) is 18.6. The van der Waals surface area contributed by atoms with E-state index in [-0.39, 0.29) is 0 Å². The minimum Gasteiger partial charge on any atom is -0.495 e. The average Bonchev–Trinajstić information content (AvgIpc) is 3.51. The van der Waals surface area contributed by atoms with Crippen LogP contribution < -0.4 is 4.74 Å². The second-order valence-electron chi connectivity index (χ2n) is 6.50. The van der Waals surface area contributed by atoms with E-state index >= 15 is 0 Å². The minimum atomic E-state index is -5.08. The summed E-state index contributed by atoms with van der Waals surface area (Å²) < 4.78 is 43.4. The third-order valence-corrected chi connectivity index (χ3v) is 4.18. The molecule has 0 saturated heterocycles. The summed E-state index contributed by atoms with van der Waals surface area (Å²) in [6.45, 7) is 1.91. The quantitative estimate of drug-likeness (QED) is 0.344. The summed E-state index contributed by atoms with van der Waals surface area (Å²) >= 11 is 5.64. The van der Waals surface area contributed by atoms with Gasteiger partial charge in [-0.05, 0) is 43.5 Å². The number of hydrogen-bond donors (Lipinski definition) is 2. The fourth-order valence-electron chi connectivity index (χ4n) is 2.39. The molecule has 1 aromatic carbocycles. The molecule has 0 spiro atoms. The van der Waals surface area contributed by atoms with Crippen molar-refractivity contribution in [3.63, 3.8) is 0 Å². The fourth-order valence-corrected chi connectivity index (χ4v) is 2.52. The summed E-state index contributed by atoms with van der Waals surface area (Å²) in [6, 6.07) is 5.55. The molecule has 14 heteroatoms. The molecule has 3 rings (SSSR count). The largest absolute Gasteiger partial charge is 0.495 e. The molecule has 190 valence electrons. The van der Waals surface area contributed by atoms with Crippen molar-refractivity contribution in [3.05, 3.63) is 60.3 Å². The maximum Gasteiger partial charge on any atom is 0.490 e. The van der Waals surface area contributed by atoms with Gasteiger partial charge in [-0.2, -0.15) is 13.2 Å². The summed E-state index contributed by atoms with van der Waals surface area (Å²) in [4.78, 5) is 24.4. The molecule has 10 nitrogen and oxygen atoms in total. The number of aliphatic carboxylic acids is 2. The van der Waals surface area contributed by atoms with Gasteiger partial charge in [0.15, 0.2) is 0 Å². The molecule has 0 aliphatic carbocycles. The lowest BCUT2D eigenvalue weighted by Gasteiger charge is -2.10. The molecule has 2 aromatic heterocycles. The Balaban J connectivity index is 0.000000417. The summed E-state index contributed by atoms with van der Waals surface area (Å²) in [5, 5.41) is 23.0. The van der Waals surface area contributed by atoms with Crippen molar-refractivity contribution < 1.29 is 42.1 Å². The first kappa shape index (κ1) is 29.2. The van der Waals surface area contributed by atoms with Crippen LogP contribution in [-0.4, -0.2) is 61.1 Å². The van der Waals surface area contributed by atoms with Crippen LogP contribution in [0.2, 0.25) is 0 Å². The number of rotatable bonds is 7. The first-order valence-corrected chi connectivity index (χ1v) is 10.2. The van der Waals surface area contributed by atoms with Crippen molar-refractivity contribution in [1.29, 1.82) is 0 Å². The van der Waals surface area contributed by atoms with Crippen LogP contribution in [0.1, 0.15) is 24.1 Å². The van der Waals surface area contributed by atoms with Crippen LogP contribution in [0, 0.1) is 6.92 Å². The van der Waals surface area contributed by atoms with Gasteiger partial charge in [0.05, 0.1) is 24.8 Å². The Morgan fingerprint density at radius 3 is 2.26 bits per heavy atom. The molecular weight excluding hydrogens is 497 g/mol. The third kappa shape index (κ3) is 10.7. The van der Waals surface area contributed by atoms with E-state index in [1.165, 1.54) is 12.8 Å². The molecule has 0 aliphatic rings. The van der Waals surface area contributed by atoms with Crippen LogP contribution in [-0.2, 0) is 9.59 Å². The SMILES string of the molecule is COc1cc(/C=C(\CCCCl)C(=O)O)ccc1-n1cnc(C)c1.O=C(O)C(F)(F)F.c1nnco1. The lowest BCUT2D eigenvalue weighted by molar-refractivity contribution is -0.192. The van der Waals surface area contributed by atoms with Gasteiger partial charge in [-0.25, -0.2) is 14.6 Å². The highest BCUT2D eigenvalue weighted by Gasteiger charge is 2.38. The Labute approximate surface area is 202 Å². The maximum atomic E-state index is 11.3. The van der Waals surface area contributed by atoms with Gasteiger partial charge in [0, 0.05) is 17.6 Å². The number of hydrogen-bond acceptors (Lipinski definition) is 7. The Hall–Kier alpha value is -3.87. The van der Waals surface area contributed by atoms with Gasteiger partial charge in [0.2, 0.25) is 12.8 Å². The number of carboxylic acid groups (broad SMARTS) is 2. The number of aromatic nitrogens is 4. The van der Waals surface area contributed by atoms with Crippen LogP contribution in [0.5, 0.6) is 5.75 Å². The van der Waals surface area contributed by atoms with E-state index in [0.717, 1.165) is 16.9 Å². The highest BCUT2D eigenvalue weighted by molar-refractivity contribution is 6.17. The molecule has 0 amide bonds. The third-order valence-electron chi connectivity index (χ3n) is 3.91. The molecule has 0 fully saturated rings. The molecule has 0 atom stereocenters. The molecule has 0 aliphatic heterocycles. The average molecular weight is 519 g/mol. The molecule has 35 heavy (non-hydrogen) atoms. The highest BCUT2D eigenvalue weighted by Crippen LogP contribution is 2.26. The van der Waals surface area contributed by atoms with E-state index in [9.17, 15) is 23.1 Å². The Kier molecular flexibility index (Phi) is 12.0. The lowest BCUT2D eigenvalue weighted by atomic mass is 10.1. The summed E-state index contributed by atoms with van der Waals surface area (Å²) in [6.07, 6.45) is 3.77. The number of carboxylic acids is 2. The van der Waals surface area contributed by atoms with Crippen LogP contribution in [0.4, 0.5) is 13.2 Å². The molecular formula is C21H22ClF3N4O6. The van der Waals surface area contributed by atoms with Crippen molar-refractivity contribution in [2.45, 2.75) is 25.9 Å². The van der Waals surface area contributed by atoms with Crippen molar-refractivity contribution >= 4 is 29.6 Å². The standard InChI is InChI=1S/C17H19ClN2O3.C2HF3O2.C2H2N2O/c1-12-10-20(11-19-12)15-6-5-13(9-16(15)23-2)8-14(17(21)22)4-3-7-18;3-2(4,5)1(6)7;1-3-4-2-5-1/h5-6,8-11H,3-4,7H2,1-2H3,(H,21,22);(H,6,7);1-2H/b14-8+;;. The molecule has 0 unspecified atom stereocenters. The predicted octanol–water partition coefficient (Wildman–Crippen LogP) is 4.38. The van der Waals surface area contributed by atoms with Crippen molar-refractivity contribution in [3.8, 4) is 11.4 Å². The zero-order valence-corrected chi connectivity index (χ0v) is 19.3. The van der Waals surface area contributed by atoms with Crippen LogP contribution in [0.25, 0.3) is 11.8 Å². The number of aryl methyl sites for hydroxylation is 1. The summed E-state index contributed by atoms with van der Waals surface area (Å²) in [5.41, 5.74) is 2.86. The van der Waals surface area contributed by atoms with E-state index in [2.05, 4.69) is 19.6 Å². The normalized spacial score (nSPS) is 11.0. The minimum absolute atomic E-state index is 0.332. The van der Waals surface area contributed by atoms with Gasteiger partial charge in [0.1, 0.15) is 5.75 Å². The number of ether oxygens (including phenoxy) is 1.